The number of aliphatic hydroxyl groups excluding tert-OH is 1. The number of benzene rings is 1. The number of aryl methyl sites for hydroxylation is 1. The van der Waals surface area contributed by atoms with Crippen molar-refractivity contribution in [3.05, 3.63) is 29.3 Å². The molecule has 0 heterocycles. The lowest BCUT2D eigenvalue weighted by Gasteiger charge is -2.13. The number of hydrogen-bond donors (Lipinski definition) is 1. The van der Waals surface area contributed by atoms with E-state index in [1.54, 1.807) is 6.92 Å². The maximum absolute atomic E-state index is 9.44. The lowest BCUT2D eigenvalue weighted by atomic mass is 10.0. The molecule has 0 aromatic heterocycles. The summed E-state index contributed by atoms with van der Waals surface area (Å²) in [5.74, 6) is 0.863. The van der Waals surface area contributed by atoms with Gasteiger partial charge in [0.2, 0.25) is 0 Å². The monoisotopic (exact) mass is 194 g/mol. The van der Waals surface area contributed by atoms with E-state index in [1.807, 2.05) is 39.0 Å². The molecule has 0 aliphatic carbocycles. The molecule has 1 N–H and O–H groups in total. The minimum Gasteiger partial charge on any atom is -0.491 e. The lowest BCUT2D eigenvalue weighted by Crippen LogP contribution is -2.06. The zero-order valence-electron chi connectivity index (χ0n) is 9.24. The Morgan fingerprint density at radius 2 is 1.86 bits per heavy atom. The SMILES string of the molecule is Cc1cc(OC(C)C)ccc1C(C)O. The molecule has 0 radical (unpaired) electrons. The van der Waals surface area contributed by atoms with Crippen LogP contribution in [0, 0.1) is 6.92 Å². The van der Waals surface area contributed by atoms with Crippen molar-refractivity contribution < 1.29 is 9.84 Å². The maximum atomic E-state index is 9.44. The highest BCUT2D eigenvalue weighted by molar-refractivity contribution is 5.35. The highest BCUT2D eigenvalue weighted by atomic mass is 16.5. The van der Waals surface area contributed by atoms with Gasteiger partial charge in [0, 0.05) is 0 Å². The molecule has 1 unspecified atom stereocenters. The van der Waals surface area contributed by atoms with E-state index in [1.165, 1.54) is 0 Å². The lowest BCUT2D eigenvalue weighted by molar-refractivity contribution is 0.198. The minimum atomic E-state index is -0.414. The zero-order chi connectivity index (χ0) is 10.7. The Hall–Kier alpha value is -1.02. The van der Waals surface area contributed by atoms with E-state index >= 15 is 0 Å². The second kappa shape index (κ2) is 4.47. The van der Waals surface area contributed by atoms with Crippen LogP contribution < -0.4 is 4.74 Å². The largest absolute Gasteiger partial charge is 0.491 e. The van der Waals surface area contributed by atoms with Crippen LogP contribution in [0.4, 0.5) is 0 Å². The Morgan fingerprint density at radius 3 is 2.29 bits per heavy atom. The van der Waals surface area contributed by atoms with Gasteiger partial charge in [-0.25, -0.2) is 0 Å². The Labute approximate surface area is 85.5 Å². The van der Waals surface area contributed by atoms with E-state index in [2.05, 4.69) is 0 Å². The van der Waals surface area contributed by atoms with Gasteiger partial charge < -0.3 is 9.84 Å². The Kier molecular flexibility index (Phi) is 3.53. The van der Waals surface area contributed by atoms with E-state index in [-0.39, 0.29) is 6.10 Å². The van der Waals surface area contributed by atoms with Crippen LogP contribution in [0.5, 0.6) is 5.75 Å². The molecule has 78 valence electrons. The molecule has 0 bridgehead atoms. The first-order valence-electron chi connectivity index (χ1n) is 4.96. The fourth-order valence-electron chi connectivity index (χ4n) is 1.46. The quantitative estimate of drug-likeness (QED) is 0.801. The third-order valence-corrected chi connectivity index (χ3v) is 2.06. The van der Waals surface area contributed by atoms with Crippen molar-refractivity contribution in [1.29, 1.82) is 0 Å². The van der Waals surface area contributed by atoms with E-state index in [0.717, 1.165) is 16.9 Å². The molecule has 0 saturated heterocycles. The van der Waals surface area contributed by atoms with Gasteiger partial charge in [-0.3, -0.25) is 0 Å². The molecule has 1 aromatic rings. The van der Waals surface area contributed by atoms with Gasteiger partial charge in [0.1, 0.15) is 5.75 Å². The fraction of sp³-hybridized carbons (Fsp3) is 0.500. The van der Waals surface area contributed by atoms with Crippen molar-refractivity contribution in [3.63, 3.8) is 0 Å². The Balaban J connectivity index is 2.89. The second-order valence-corrected chi connectivity index (χ2v) is 3.86. The Morgan fingerprint density at radius 1 is 1.21 bits per heavy atom. The molecular formula is C12H18O2. The van der Waals surface area contributed by atoms with Gasteiger partial charge in [0.15, 0.2) is 0 Å². The average molecular weight is 194 g/mol. The third-order valence-electron chi connectivity index (χ3n) is 2.06. The molecule has 0 amide bonds. The first kappa shape index (κ1) is 11.1. The summed E-state index contributed by atoms with van der Waals surface area (Å²) in [4.78, 5) is 0. The van der Waals surface area contributed by atoms with Crippen LogP contribution in [0.1, 0.15) is 38.0 Å². The summed E-state index contributed by atoms with van der Waals surface area (Å²) in [5, 5.41) is 9.44. The molecule has 2 heteroatoms. The third kappa shape index (κ3) is 2.74. The molecule has 1 rings (SSSR count). The molecule has 0 saturated carbocycles. The van der Waals surface area contributed by atoms with Crippen molar-refractivity contribution >= 4 is 0 Å². The van der Waals surface area contributed by atoms with Gasteiger partial charge in [-0.1, -0.05) is 6.07 Å². The standard InChI is InChI=1S/C12H18O2/c1-8(2)14-11-5-6-12(10(4)13)9(3)7-11/h5-8,10,13H,1-4H3. The number of aliphatic hydroxyl groups is 1. The Bertz CT molecular complexity index is 303. The van der Waals surface area contributed by atoms with Crippen molar-refractivity contribution in [3.8, 4) is 5.75 Å². The van der Waals surface area contributed by atoms with E-state index in [0.29, 0.717) is 0 Å². The first-order chi connectivity index (χ1) is 6.50. The molecular weight excluding hydrogens is 176 g/mol. The predicted octanol–water partition coefficient (Wildman–Crippen LogP) is 2.84. The summed E-state index contributed by atoms with van der Waals surface area (Å²) in [5.41, 5.74) is 2.03. The van der Waals surface area contributed by atoms with Crippen molar-refractivity contribution in [2.75, 3.05) is 0 Å². The molecule has 2 nitrogen and oxygen atoms in total. The van der Waals surface area contributed by atoms with Crippen LogP contribution in [0.3, 0.4) is 0 Å². The van der Waals surface area contributed by atoms with Gasteiger partial charge in [-0.15, -0.1) is 0 Å². The van der Waals surface area contributed by atoms with Crippen LogP contribution in [-0.2, 0) is 0 Å². The summed E-state index contributed by atoms with van der Waals surface area (Å²) in [6.45, 7) is 7.75. The highest BCUT2D eigenvalue weighted by Crippen LogP contribution is 2.22. The topological polar surface area (TPSA) is 29.5 Å². The summed E-state index contributed by atoms with van der Waals surface area (Å²) in [6.07, 6.45) is -0.227. The van der Waals surface area contributed by atoms with Crippen molar-refractivity contribution in [2.45, 2.75) is 39.9 Å². The molecule has 14 heavy (non-hydrogen) atoms. The summed E-state index contributed by atoms with van der Waals surface area (Å²) < 4.78 is 5.55. The van der Waals surface area contributed by atoms with Crippen molar-refractivity contribution in [2.24, 2.45) is 0 Å². The van der Waals surface area contributed by atoms with Crippen molar-refractivity contribution in [1.82, 2.24) is 0 Å². The van der Waals surface area contributed by atoms with Crippen LogP contribution in [-0.4, -0.2) is 11.2 Å². The van der Waals surface area contributed by atoms with Gasteiger partial charge >= 0.3 is 0 Å². The summed E-state index contributed by atoms with van der Waals surface area (Å²) in [6, 6.07) is 5.77. The second-order valence-electron chi connectivity index (χ2n) is 3.86. The first-order valence-corrected chi connectivity index (χ1v) is 4.96. The number of ether oxygens (including phenoxy) is 1. The van der Waals surface area contributed by atoms with E-state index < -0.39 is 6.10 Å². The van der Waals surface area contributed by atoms with Gasteiger partial charge in [0.25, 0.3) is 0 Å². The summed E-state index contributed by atoms with van der Waals surface area (Å²) >= 11 is 0. The predicted molar refractivity (Wildman–Crippen MR) is 57.6 cm³/mol. The van der Waals surface area contributed by atoms with Gasteiger partial charge in [-0.05, 0) is 51.0 Å². The van der Waals surface area contributed by atoms with Gasteiger partial charge in [0.05, 0.1) is 12.2 Å². The maximum Gasteiger partial charge on any atom is 0.119 e. The van der Waals surface area contributed by atoms with Crippen LogP contribution in [0.2, 0.25) is 0 Å². The molecule has 0 spiro atoms. The molecule has 0 aliphatic rings. The van der Waals surface area contributed by atoms with Crippen LogP contribution in [0.15, 0.2) is 18.2 Å². The van der Waals surface area contributed by atoms with Crippen LogP contribution in [0.25, 0.3) is 0 Å². The number of rotatable bonds is 3. The van der Waals surface area contributed by atoms with Crippen LogP contribution >= 0.6 is 0 Å². The van der Waals surface area contributed by atoms with E-state index in [4.69, 9.17) is 4.74 Å². The minimum absolute atomic E-state index is 0.187. The molecule has 0 aliphatic heterocycles. The fourth-order valence-corrected chi connectivity index (χ4v) is 1.46. The van der Waals surface area contributed by atoms with Gasteiger partial charge in [-0.2, -0.15) is 0 Å². The highest BCUT2D eigenvalue weighted by Gasteiger charge is 2.06. The molecule has 1 aromatic carbocycles. The summed E-state index contributed by atoms with van der Waals surface area (Å²) in [7, 11) is 0. The average Bonchev–Trinajstić information content (AvgIpc) is 2.01. The number of hydrogen-bond acceptors (Lipinski definition) is 2. The molecule has 0 fully saturated rings. The molecule has 1 atom stereocenters. The van der Waals surface area contributed by atoms with E-state index in [9.17, 15) is 5.11 Å². The zero-order valence-corrected chi connectivity index (χ0v) is 9.24. The normalized spacial score (nSPS) is 13.0. The smallest absolute Gasteiger partial charge is 0.119 e.